The highest BCUT2D eigenvalue weighted by molar-refractivity contribution is 5.84. The van der Waals surface area contributed by atoms with Crippen molar-refractivity contribution < 1.29 is 10.0 Å². The maximum atomic E-state index is 12.0. The predicted molar refractivity (Wildman–Crippen MR) is 62.2 cm³/mol. The normalized spacial score (nSPS) is 21.8. The number of nitrogens with two attached hydrogens (primary N) is 1. The zero-order valence-corrected chi connectivity index (χ0v) is 9.99. The second-order valence-electron chi connectivity index (χ2n) is 4.94. The third-order valence-corrected chi connectivity index (χ3v) is 3.28. The molecule has 1 rings (SSSR count). The van der Waals surface area contributed by atoms with Crippen molar-refractivity contribution in [2.75, 3.05) is 0 Å². The van der Waals surface area contributed by atoms with Crippen LogP contribution in [0.1, 0.15) is 46.0 Å². The van der Waals surface area contributed by atoms with Gasteiger partial charge in [-0.3, -0.25) is 4.79 Å². The Morgan fingerprint density at radius 1 is 1.56 bits per heavy atom. The molecule has 0 aromatic carbocycles. The van der Waals surface area contributed by atoms with Gasteiger partial charge in [0, 0.05) is 17.9 Å². The molecule has 1 unspecified atom stereocenters. The van der Waals surface area contributed by atoms with Gasteiger partial charge in [0.1, 0.15) is 5.84 Å². The summed E-state index contributed by atoms with van der Waals surface area (Å²) in [7, 11) is 0. The van der Waals surface area contributed by atoms with Crippen LogP contribution in [0.25, 0.3) is 0 Å². The van der Waals surface area contributed by atoms with Gasteiger partial charge in [0.15, 0.2) is 0 Å². The van der Waals surface area contributed by atoms with Gasteiger partial charge in [0.05, 0.1) is 0 Å². The Balaban J connectivity index is 2.44. The highest BCUT2D eigenvalue weighted by Gasteiger charge is 2.36. The molecule has 1 aliphatic rings. The fourth-order valence-electron chi connectivity index (χ4n) is 2.19. The second-order valence-corrected chi connectivity index (χ2v) is 4.94. The Morgan fingerprint density at radius 2 is 2.12 bits per heavy atom. The zero-order chi connectivity index (χ0) is 12.2. The summed E-state index contributed by atoms with van der Waals surface area (Å²) < 4.78 is 0. The molecule has 1 saturated carbocycles. The summed E-state index contributed by atoms with van der Waals surface area (Å²) in [6.07, 6.45) is 4.53. The number of amidine groups is 1. The minimum absolute atomic E-state index is 0.0863. The SMILES string of the molecule is CC(CC(N)=NO)NC(=O)C1(C)CCCC1. The maximum Gasteiger partial charge on any atom is 0.226 e. The van der Waals surface area contributed by atoms with Crippen molar-refractivity contribution in [1.82, 2.24) is 5.32 Å². The van der Waals surface area contributed by atoms with E-state index < -0.39 is 0 Å². The Bertz CT molecular complexity index is 283. The first-order chi connectivity index (χ1) is 7.48. The van der Waals surface area contributed by atoms with Crippen molar-refractivity contribution in [2.45, 2.75) is 52.0 Å². The average molecular weight is 227 g/mol. The molecule has 16 heavy (non-hydrogen) atoms. The molecule has 92 valence electrons. The van der Waals surface area contributed by atoms with Crippen molar-refractivity contribution in [3.63, 3.8) is 0 Å². The van der Waals surface area contributed by atoms with Crippen molar-refractivity contribution in [3.8, 4) is 0 Å². The molecule has 4 N–H and O–H groups in total. The molecule has 0 heterocycles. The van der Waals surface area contributed by atoms with E-state index in [4.69, 9.17) is 10.9 Å². The van der Waals surface area contributed by atoms with Crippen LogP contribution in [0.3, 0.4) is 0 Å². The number of amides is 1. The first-order valence-electron chi connectivity index (χ1n) is 5.75. The van der Waals surface area contributed by atoms with Crippen LogP contribution in [0.15, 0.2) is 5.16 Å². The molecule has 5 heteroatoms. The van der Waals surface area contributed by atoms with E-state index in [2.05, 4.69) is 10.5 Å². The number of nitrogens with one attached hydrogen (secondary N) is 1. The van der Waals surface area contributed by atoms with Crippen LogP contribution in [0.5, 0.6) is 0 Å². The summed E-state index contributed by atoms with van der Waals surface area (Å²) in [6, 6.07) is -0.0965. The Labute approximate surface area is 96.1 Å². The van der Waals surface area contributed by atoms with Gasteiger partial charge in [0.25, 0.3) is 0 Å². The molecular formula is C11H21N3O2. The molecule has 0 saturated heterocycles. The Kier molecular flexibility index (Phi) is 4.15. The molecule has 0 aromatic rings. The van der Waals surface area contributed by atoms with E-state index in [1.807, 2.05) is 13.8 Å². The van der Waals surface area contributed by atoms with Crippen LogP contribution in [0, 0.1) is 5.41 Å². The number of oxime groups is 1. The van der Waals surface area contributed by atoms with Crippen molar-refractivity contribution in [2.24, 2.45) is 16.3 Å². The molecule has 1 atom stereocenters. The number of carbonyl (C=O) groups is 1. The lowest BCUT2D eigenvalue weighted by Gasteiger charge is -2.24. The van der Waals surface area contributed by atoms with Gasteiger partial charge in [-0.15, -0.1) is 0 Å². The quantitative estimate of drug-likeness (QED) is 0.292. The lowest BCUT2D eigenvalue weighted by molar-refractivity contribution is -0.130. The number of rotatable bonds is 4. The van der Waals surface area contributed by atoms with Gasteiger partial charge >= 0.3 is 0 Å². The van der Waals surface area contributed by atoms with E-state index in [0.29, 0.717) is 6.42 Å². The highest BCUT2D eigenvalue weighted by atomic mass is 16.4. The number of nitrogens with zero attached hydrogens (tertiary/aromatic N) is 1. The molecule has 0 aliphatic heterocycles. The zero-order valence-electron chi connectivity index (χ0n) is 9.99. The van der Waals surface area contributed by atoms with Crippen LogP contribution >= 0.6 is 0 Å². The Hall–Kier alpha value is -1.26. The van der Waals surface area contributed by atoms with Crippen LogP contribution in [-0.2, 0) is 4.79 Å². The lowest BCUT2D eigenvalue weighted by Crippen LogP contribution is -2.43. The number of hydrogen-bond donors (Lipinski definition) is 3. The molecule has 1 amide bonds. The van der Waals surface area contributed by atoms with Crippen LogP contribution in [0.2, 0.25) is 0 Å². The van der Waals surface area contributed by atoms with E-state index in [0.717, 1.165) is 25.7 Å². The molecule has 0 aromatic heterocycles. The Morgan fingerprint density at radius 3 is 2.62 bits per heavy atom. The first kappa shape index (κ1) is 12.8. The van der Waals surface area contributed by atoms with Gasteiger partial charge < -0.3 is 16.3 Å². The summed E-state index contributed by atoms with van der Waals surface area (Å²) in [5, 5.41) is 14.2. The topological polar surface area (TPSA) is 87.7 Å². The standard InChI is InChI=1S/C11H21N3O2/c1-8(7-9(12)14-16)13-10(15)11(2)5-3-4-6-11/h8,16H,3-7H2,1-2H3,(H2,12,14)(H,13,15). The molecule has 5 nitrogen and oxygen atoms in total. The van der Waals surface area contributed by atoms with Gasteiger partial charge in [-0.05, 0) is 19.8 Å². The van der Waals surface area contributed by atoms with E-state index in [1.54, 1.807) is 0 Å². The van der Waals surface area contributed by atoms with Crippen LogP contribution in [0.4, 0.5) is 0 Å². The summed E-state index contributed by atoms with van der Waals surface area (Å²) in [4.78, 5) is 12.0. The number of carbonyl (C=O) groups excluding carboxylic acids is 1. The summed E-state index contributed by atoms with van der Waals surface area (Å²) in [5.41, 5.74) is 5.16. The van der Waals surface area contributed by atoms with E-state index in [1.165, 1.54) is 0 Å². The number of hydrogen-bond acceptors (Lipinski definition) is 3. The smallest absolute Gasteiger partial charge is 0.226 e. The van der Waals surface area contributed by atoms with E-state index >= 15 is 0 Å². The van der Waals surface area contributed by atoms with E-state index in [9.17, 15) is 4.79 Å². The first-order valence-corrected chi connectivity index (χ1v) is 5.75. The van der Waals surface area contributed by atoms with Gasteiger partial charge in [0.2, 0.25) is 5.91 Å². The lowest BCUT2D eigenvalue weighted by atomic mass is 9.87. The van der Waals surface area contributed by atoms with Gasteiger partial charge in [-0.2, -0.15) is 0 Å². The fraction of sp³-hybridized carbons (Fsp3) is 0.818. The largest absolute Gasteiger partial charge is 0.409 e. The second kappa shape index (κ2) is 5.18. The molecule has 0 radical (unpaired) electrons. The van der Waals surface area contributed by atoms with Crippen LogP contribution in [-0.4, -0.2) is 23.0 Å². The average Bonchev–Trinajstić information content (AvgIpc) is 2.66. The van der Waals surface area contributed by atoms with Gasteiger partial charge in [-0.25, -0.2) is 0 Å². The third kappa shape index (κ3) is 3.12. The molecule has 0 bridgehead atoms. The van der Waals surface area contributed by atoms with Crippen molar-refractivity contribution in [3.05, 3.63) is 0 Å². The predicted octanol–water partition coefficient (Wildman–Crippen LogP) is 1.21. The van der Waals surface area contributed by atoms with Crippen molar-refractivity contribution >= 4 is 11.7 Å². The van der Waals surface area contributed by atoms with Gasteiger partial charge in [-0.1, -0.05) is 24.9 Å². The highest BCUT2D eigenvalue weighted by Crippen LogP contribution is 2.37. The summed E-state index contributed by atoms with van der Waals surface area (Å²) in [5.74, 6) is 0.229. The van der Waals surface area contributed by atoms with Crippen molar-refractivity contribution in [1.29, 1.82) is 0 Å². The summed E-state index contributed by atoms with van der Waals surface area (Å²) in [6.45, 7) is 3.86. The molecule has 0 spiro atoms. The minimum Gasteiger partial charge on any atom is -0.409 e. The summed E-state index contributed by atoms with van der Waals surface area (Å²) >= 11 is 0. The molecular weight excluding hydrogens is 206 g/mol. The van der Waals surface area contributed by atoms with Crippen LogP contribution < -0.4 is 11.1 Å². The molecule has 1 fully saturated rings. The third-order valence-electron chi connectivity index (χ3n) is 3.28. The maximum absolute atomic E-state index is 12.0. The fourth-order valence-corrected chi connectivity index (χ4v) is 2.19. The minimum atomic E-state index is -0.223. The monoisotopic (exact) mass is 227 g/mol. The van der Waals surface area contributed by atoms with E-state index in [-0.39, 0.29) is 23.2 Å². The molecule has 1 aliphatic carbocycles.